The zero-order valence-corrected chi connectivity index (χ0v) is 17.1. The first kappa shape index (κ1) is 20.0. The fourth-order valence-electron chi connectivity index (χ4n) is 3.89. The van der Waals surface area contributed by atoms with Crippen LogP contribution < -0.4 is 4.90 Å². The number of hydrogen-bond acceptors (Lipinski definition) is 5. The molecule has 1 aromatic heterocycles. The van der Waals surface area contributed by atoms with Gasteiger partial charge in [-0.05, 0) is 36.6 Å². The van der Waals surface area contributed by atoms with Gasteiger partial charge in [-0.1, -0.05) is 39.0 Å². The van der Waals surface area contributed by atoms with E-state index in [-0.39, 0.29) is 17.2 Å². The van der Waals surface area contributed by atoms with E-state index < -0.39 is 0 Å². The van der Waals surface area contributed by atoms with Crippen LogP contribution in [0.15, 0.2) is 42.5 Å². The van der Waals surface area contributed by atoms with Crippen molar-refractivity contribution in [2.75, 3.05) is 31.1 Å². The van der Waals surface area contributed by atoms with Gasteiger partial charge < -0.3 is 4.90 Å². The lowest BCUT2D eigenvalue weighted by molar-refractivity contribution is 0.0584. The van der Waals surface area contributed by atoms with Gasteiger partial charge in [0.1, 0.15) is 5.82 Å². The highest BCUT2D eigenvalue weighted by Crippen LogP contribution is 2.29. The van der Waals surface area contributed by atoms with E-state index in [1.54, 1.807) is 24.3 Å². The van der Waals surface area contributed by atoms with Crippen molar-refractivity contribution in [3.8, 4) is 6.07 Å². The van der Waals surface area contributed by atoms with E-state index in [9.17, 15) is 4.79 Å². The van der Waals surface area contributed by atoms with Crippen LogP contribution in [0.4, 0.5) is 5.82 Å². The summed E-state index contributed by atoms with van der Waals surface area (Å²) in [5, 5.41) is 8.99. The monoisotopic (exact) mass is 376 g/mol. The average Bonchev–Trinajstić information content (AvgIpc) is 2.67. The van der Waals surface area contributed by atoms with Crippen LogP contribution in [0.5, 0.6) is 0 Å². The quantitative estimate of drug-likeness (QED) is 0.762. The number of carbonyl (C=O) groups excluding carboxylic acids is 1. The molecule has 3 rings (SSSR count). The molecule has 1 atom stereocenters. The molecule has 0 amide bonds. The van der Waals surface area contributed by atoms with Gasteiger partial charge in [-0.3, -0.25) is 9.69 Å². The number of nitriles is 1. The lowest BCUT2D eigenvalue weighted by Crippen LogP contribution is -2.57. The van der Waals surface area contributed by atoms with Crippen LogP contribution in [0.2, 0.25) is 0 Å². The summed E-state index contributed by atoms with van der Waals surface area (Å²) in [5.74, 6) is 1.13. The molecule has 146 valence electrons. The van der Waals surface area contributed by atoms with Crippen molar-refractivity contribution in [3.63, 3.8) is 0 Å². The molecule has 1 saturated heterocycles. The number of nitrogens with zero attached hydrogens (tertiary/aromatic N) is 4. The molecule has 2 aromatic rings. The molecule has 1 aliphatic heterocycles. The van der Waals surface area contributed by atoms with Crippen LogP contribution >= 0.6 is 0 Å². The van der Waals surface area contributed by atoms with Gasteiger partial charge in [-0.15, -0.1) is 0 Å². The summed E-state index contributed by atoms with van der Waals surface area (Å²) in [5.41, 5.74) is 2.07. The van der Waals surface area contributed by atoms with Crippen LogP contribution in [0, 0.1) is 23.7 Å². The molecule has 5 heteroatoms. The number of benzene rings is 1. The molecule has 1 aromatic carbocycles. The third-order valence-corrected chi connectivity index (χ3v) is 5.24. The van der Waals surface area contributed by atoms with E-state index in [0.717, 1.165) is 37.7 Å². The van der Waals surface area contributed by atoms with Crippen molar-refractivity contribution in [3.05, 3.63) is 59.3 Å². The minimum absolute atomic E-state index is 0.124. The number of hydrogen-bond donors (Lipinski definition) is 0. The maximum atomic E-state index is 13.3. The van der Waals surface area contributed by atoms with Crippen LogP contribution in [-0.2, 0) is 0 Å². The number of Topliss-reactive ketones (excluding diaryl/α,β-unsaturated/α-hetero) is 1. The zero-order valence-electron chi connectivity index (χ0n) is 17.1. The van der Waals surface area contributed by atoms with Gasteiger partial charge in [-0.2, -0.15) is 5.26 Å². The maximum absolute atomic E-state index is 13.3. The molecule has 1 fully saturated rings. The van der Waals surface area contributed by atoms with Gasteiger partial charge in [0.05, 0.1) is 17.7 Å². The molecule has 0 bridgehead atoms. The first-order valence-electron chi connectivity index (χ1n) is 9.76. The Hall–Kier alpha value is -2.71. The van der Waals surface area contributed by atoms with Gasteiger partial charge in [0.15, 0.2) is 5.78 Å². The minimum atomic E-state index is -0.201. The zero-order chi connectivity index (χ0) is 20.3. The highest BCUT2D eigenvalue weighted by Gasteiger charge is 2.38. The molecule has 2 heterocycles. The molecule has 0 saturated carbocycles. The molecular formula is C23H28N4O. The molecule has 0 N–H and O–H groups in total. The largest absolute Gasteiger partial charge is 0.354 e. The first-order valence-corrected chi connectivity index (χ1v) is 9.76. The summed E-state index contributed by atoms with van der Waals surface area (Å²) in [6.07, 6.45) is 0. The summed E-state index contributed by atoms with van der Waals surface area (Å²) in [6, 6.07) is 15.0. The van der Waals surface area contributed by atoms with E-state index in [2.05, 4.69) is 41.6 Å². The van der Waals surface area contributed by atoms with Crippen LogP contribution in [0.3, 0.4) is 0 Å². The number of aryl methyl sites for hydroxylation is 1. The predicted octanol–water partition coefficient (Wildman–Crippen LogP) is 3.68. The molecule has 5 nitrogen and oxygen atoms in total. The van der Waals surface area contributed by atoms with E-state index in [0.29, 0.717) is 11.1 Å². The first-order chi connectivity index (χ1) is 13.3. The highest BCUT2D eigenvalue weighted by molar-refractivity contribution is 6.00. The molecule has 0 radical (unpaired) electrons. The van der Waals surface area contributed by atoms with Gasteiger partial charge >= 0.3 is 0 Å². The number of rotatable bonds is 4. The molecular weight excluding hydrogens is 348 g/mol. The second kappa shape index (κ2) is 8.12. The lowest BCUT2D eigenvalue weighted by atomic mass is 9.80. The van der Waals surface area contributed by atoms with Gasteiger partial charge in [-0.25, -0.2) is 4.98 Å². The number of aromatic nitrogens is 1. The third kappa shape index (κ3) is 4.40. The van der Waals surface area contributed by atoms with Gasteiger partial charge in [0.25, 0.3) is 0 Å². The molecule has 0 unspecified atom stereocenters. The van der Waals surface area contributed by atoms with E-state index in [1.165, 1.54) is 0 Å². The van der Waals surface area contributed by atoms with Crippen LogP contribution in [-0.4, -0.2) is 47.9 Å². The van der Waals surface area contributed by atoms with Crippen LogP contribution in [0.1, 0.15) is 42.4 Å². The fourth-order valence-corrected chi connectivity index (χ4v) is 3.89. The Morgan fingerprint density at radius 1 is 1.07 bits per heavy atom. The third-order valence-electron chi connectivity index (χ3n) is 5.24. The standard InChI is InChI=1S/C23H28N4O/c1-17-6-5-7-20(25-17)26-12-14-27(15-13-26)22(23(2,3)4)21(28)19-10-8-18(16-24)9-11-19/h5-11,22H,12-15H2,1-4H3/t22-/m1/s1. The fraction of sp³-hybridized carbons (Fsp3) is 0.435. The summed E-state index contributed by atoms with van der Waals surface area (Å²) >= 11 is 0. The molecule has 0 spiro atoms. The van der Waals surface area contributed by atoms with Gasteiger partial charge in [0.2, 0.25) is 0 Å². The molecule has 28 heavy (non-hydrogen) atoms. The SMILES string of the molecule is Cc1cccc(N2CCN([C@H](C(=O)c3ccc(C#N)cc3)C(C)(C)C)CC2)n1. The van der Waals surface area contributed by atoms with E-state index in [1.807, 2.05) is 25.1 Å². The molecule has 1 aliphatic rings. The minimum Gasteiger partial charge on any atom is -0.354 e. The van der Waals surface area contributed by atoms with Crippen LogP contribution in [0.25, 0.3) is 0 Å². The van der Waals surface area contributed by atoms with Crippen molar-refractivity contribution in [2.24, 2.45) is 5.41 Å². The van der Waals surface area contributed by atoms with Crippen molar-refractivity contribution in [1.29, 1.82) is 5.26 Å². The summed E-state index contributed by atoms with van der Waals surface area (Å²) in [7, 11) is 0. The summed E-state index contributed by atoms with van der Waals surface area (Å²) in [6.45, 7) is 11.7. The van der Waals surface area contributed by atoms with Crippen molar-refractivity contribution >= 4 is 11.6 Å². The Labute approximate surface area is 167 Å². The number of ketones is 1. The number of carbonyl (C=O) groups is 1. The Morgan fingerprint density at radius 2 is 1.71 bits per heavy atom. The normalized spacial score (nSPS) is 16.5. The average molecular weight is 377 g/mol. The maximum Gasteiger partial charge on any atom is 0.180 e. The Morgan fingerprint density at radius 3 is 2.25 bits per heavy atom. The topological polar surface area (TPSA) is 60.2 Å². The number of anilines is 1. The highest BCUT2D eigenvalue weighted by atomic mass is 16.1. The van der Waals surface area contributed by atoms with Crippen molar-refractivity contribution in [2.45, 2.75) is 33.7 Å². The Balaban J connectivity index is 1.76. The summed E-state index contributed by atoms with van der Waals surface area (Å²) in [4.78, 5) is 22.6. The Bertz CT molecular complexity index is 869. The van der Waals surface area contributed by atoms with Crippen molar-refractivity contribution < 1.29 is 4.79 Å². The lowest BCUT2D eigenvalue weighted by Gasteiger charge is -2.44. The summed E-state index contributed by atoms with van der Waals surface area (Å²) < 4.78 is 0. The second-order valence-electron chi connectivity index (χ2n) is 8.48. The van der Waals surface area contributed by atoms with E-state index >= 15 is 0 Å². The smallest absolute Gasteiger partial charge is 0.180 e. The predicted molar refractivity (Wildman–Crippen MR) is 111 cm³/mol. The van der Waals surface area contributed by atoms with Crippen molar-refractivity contribution in [1.82, 2.24) is 9.88 Å². The Kier molecular flexibility index (Phi) is 5.81. The van der Waals surface area contributed by atoms with E-state index in [4.69, 9.17) is 5.26 Å². The second-order valence-corrected chi connectivity index (χ2v) is 8.48. The molecule has 0 aliphatic carbocycles. The number of piperazine rings is 1. The number of pyridine rings is 1. The van der Waals surface area contributed by atoms with Gasteiger partial charge in [0, 0.05) is 37.4 Å².